The summed E-state index contributed by atoms with van der Waals surface area (Å²) in [7, 11) is 0. The van der Waals surface area contributed by atoms with Crippen LogP contribution in [0, 0.1) is 13.8 Å². The molecule has 25 heteroatoms. The van der Waals surface area contributed by atoms with Crippen LogP contribution in [0.4, 0.5) is 11.4 Å². The standard InChI is InChI=1S/C21H23Cl2N5O5S.C20H21Cl2N5O4S/c1-10-14(2-11(22)3-15(10)23)16(5-19(31)32)28-18(30)8-24-20(33)17-4-12(9-34-17)27-21-25-6-13(29)7-26-21;1-10-13(4-11(21)5-14(10)22)15(7-18(29)30)27-17(28)8-25-19(31)16-6-12(9-32-16)26-20-23-2-3-24-20/h2-4,9,13,16,29H,5-8H2,1H3,(H,24,33)(H,28,30)(H,31,32)(H2,25,26,27);4-6,9,15H,2-3,7-8H2,1H3,(H,25,31)(H,27,28)(H,29,30)(H2,23,24,26)/t16-;/m0./s1. The number of halogens is 4. The van der Waals surface area contributed by atoms with Gasteiger partial charge in [0.25, 0.3) is 11.8 Å². The van der Waals surface area contributed by atoms with E-state index >= 15 is 0 Å². The molecule has 19 nitrogen and oxygen atoms in total. The fourth-order valence-corrected chi connectivity index (χ4v) is 8.81. The summed E-state index contributed by atoms with van der Waals surface area (Å²) in [5.74, 6) is -3.06. The maximum atomic E-state index is 12.5. The first kappa shape index (κ1) is 51.3. The summed E-state index contributed by atoms with van der Waals surface area (Å²) >= 11 is 26.8. The molecular formula is C41H44Cl4N10O9S2. The summed E-state index contributed by atoms with van der Waals surface area (Å²) in [5.41, 5.74) is 3.56. The van der Waals surface area contributed by atoms with Crippen LogP contribution in [0.3, 0.4) is 0 Å². The molecule has 4 amide bonds. The van der Waals surface area contributed by atoms with Crippen LogP contribution in [-0.2, 0) is 19.2 Å². The first-order chi connectivity index (χ1) is 31.3. The highest BCUT2D eigenvalue weighted by Gasteiger charge is 2.24. The predicted octanol–water partition coefficient (Wildman–Crippen LogP) is 4.95. The second kappa shape index (κ2) is 24.2. The van der Waals surface area contributed by atoms with E-state index in [0.717, 1.165) is 6.54 Å². The zero-order valence-corrected chi connectivity index (χ0v) is 39.7. The average molecular weight is 1030 g/mol. The molecule has 2 aliphatic heterocycles. The Balaban J connectivity index is 0.000000248. The quantitative estimate of drug-likeness (QED) is 0.0710. The number of nitrogens with one attached hydrogen (secondary N) is 8. The first-order valence-corrected chi connectivity index (χ1v) is 23.1. The van der Waals surface area contributed by atoms with Crippen molar-refractivity contribution in [1.29, 1.82) is 0 Å². The lowest BCUT2D eigenvalue weighted by Gasteiger charge is -2.20. The molecule has 6 rings (SSSR count). The topological polar surface area (TPSA) is 284 Å². The third-order valence-electron chi connectivity index (χ3n) is 9.51. The zero-order chi connectivity index (χ0) is 48.1. The van der Waals surface area contributed by atoms with Crippen LogP contribution in [0.1, 0.15) is 66.5 Å². The van der Waals surface area contributed by atoms with E-state index in [2.05, 4.69) is 52.5 Å². The monoisotopic (exact) mass is 1020 g/mol. The van der Waals surface area contributed by atoms with Crippen molar-refractivity contribution < 1.29 is 44.1 Å². The van der Waals surface area contributed by atoms with E-state index in [9.17, 15) is 44.1 Å². The van der Waals surface area contributed by atoms with Gasteiger partial charge >= 0.3 is 11.9 Å². The van der Waals surface area contributed by atoms with Crippen molar-refractivity contribution in [3.63, 3.8) is 0 Å². The van der Waals surface area contributed by atoms with E-state index in [1.807, 2.05) is 0 Å². The van der Waals surface area contributed by atoms with Crippen LogP contribution in [0.15, 0.2) is 57.1 Å². The molecule has 0 radical (unpaired) electrons. The molecule has 2 aromatic heterocycles. The number of nitrogens with zero attached hydrogens (tertiary/aromatic N) is 2. The molecule has 3 atom stereocenters. The molecule has 0 fully saturated rings. The van der Waals surface area contributed by atoms with Crippen molar-refractivity contribution >= 4 is 128 Å². The number of guanidine groups is 2. The SMILES string of the molecule is Cc1c(Cl)cc(Cl)cc1C(CC(=O)O)NC(=O)CNC(=O)c1cc(NC2=NCCN2)cs1.Cc1c(Cl)cc(Cl)cc1[C@H](CC(=O)O)NC(=O)CNC(=O)c1cc(NC2=NCC(O)CN2)cs1. The maximum absolute atomic E-state index is 12.5. The molecular weight excluding hydrogens is 982 g/mol. The van der Waals surface area contributed by atoms with Crippen LogP contribution < -0.4 is 42.5 Å². The molecule has 0 saturated heterocycles. The molecule has 0 bridgehead atoms. The van der Waals surface area contributed by atoms with E-state index in [-0.39, 0.29) is 32.5 Å². The number of benzene rings is 2. The number of amides is 4. The molecule has 2 aromatic carbocycles. The highest BCUT2D eigenvalue weighted by Crippen LogP contribution is 2.32. The summed E-state index contributed by atoms with van der Waals surface area (Å²) < 4.78 is 0. The lowest BCUT2D eigenvalue weighted by atomic mass is 9.98. The van der Waals surface area contributed by atoms with Crippen LogP contribution in [0.5, 0.6) is 0 Å². The lowest BCUT2D eigenvalue weighted by molar-refractivity contribution is -0.139. The molecule has 0 spiro atoms. The molecule has 66 heavy (non-hydrogen) atoms. The molecule has 2 unspecified atom stereocenters. The fourth-order valence-electron chi connectivity index (χ4n) is 6.28. The molecule has 0 saturated carbocycles. The Bertz CT molecular complexity index is 2540. The highest BCUT2D eigenvalue weighted by molar-refractivity contribution is 7.12. The van der Waals surface area contributed by atoms with Gasteiger partial charge in [-0.3, -0.25) is 38.8 Å². The van der Waals surface area contributed by atoms with Crippen LogP contribution in [-0.4, -0.2) is 108 Å². The van der Waals surface area contributed by atoms with Gasteiger partial charge in [0.1, 0.15) is 0 Å². The number of aliphatic imine (C=N–C) groups is 2. The van der Waals surface area contributed by atoms with Crippen LogP contribution >= 0.6 is 69.1 Å². The third-order valence-corrected chi connectivity index (χ3v) is 12.6. The minimum atomic E-state index is -1.12. The number of aliphatic carboxylic acids is 2. The van der Waals surface area contributed by atoms with E-state index in [1.54, 1.807) is 54.9 Å². The minimum Gasteiger partial charge on any atom is -0.481 e. The molecule has 2 aliphatic rings. The Morgan fingerprint density at radius 1 is 0.697 bits per heavy atom. The van der Waals surface area contributed by atoms with Crippen molar-refractivity contribution in [1.82, 2.24) is 31.9 Å². The van der Waals surface area contributed by atoms with Gasteiger partial charge in [0.2, 0.25) is 11.8 Å². The Morgan fingerprint density at radius 3 is 1.55 bits per heavy atom. The molecule has 4 aromatic rings. The molecule has 4 heterocycles. The Hall–Kier alpha value is -5.68. The van der Waals surface area contributed by atoms with Gasteiger partial charge < -0.3 is 57.9 Å². The van der Waals surface area contributed by atoms with Gasteiger partial charge in [-0.25, -0.2) is 0 Å². The van der Waals surface area contributed by atoms with Gasteiger partial charge in [0.05, 0.1) is 78.3 Å². The van der Waals surface area contributed by atoms with Crippen molar-refractivity contribution in [2.24, 2.45) is 9.98 Å². The summed E-state index contributed by atoms with van der Waals surface area (Å²) in [6.45, 7) is 4.86. The second-order valence-corrected chi connectivity index (χ2v) is 18.0. The van der Waals surface area contributed by atoms with Crippen molar-refractivity contribution in [3.05, 3.63) is 99.3 Å². The lowest BCUT2D eigenvalue weighted by Crippen LogP contribution is -2.42. The third kappa shape index (κ3) is 15.5. The predicted molar refractivity (Wildman–Crippen MR) is 256 cm³/mol. The number of carboxylic acids is 2. The van der Waals surface area contributed by atoms with Crippen molar-refractivity contribution in [2.75, 3.05) is 49.9 Å². The van der Waals surface area contributed by atoms with E-state index < -0.39 is 53.8 Å². The highest BCUT2D eigenvalue weighted by atomic mass is 35.5. The smallest absolute Gasteiger partial charge is 0.305 e. The molecule has 11 N–H and O–H groups in total. The number of aliphatic hydroxyl groups excluding tert-OH is 1. The minimum absolute atomic E-state index is 0.283. The Labute approximate surface area is 405 Å². The Kier molecular flexibility index (Phi) is 18.8. The van der Waals surface area contributed by atoms with Gasteiger partial charge in [0, 0.05) is 43.9 Å². The number of anilines is 2. The second-order valence-electron chi connectivity index (χ2n) is 14.5. The number of carbonyl (C=O) groups is 6. The van der Waals surface area contributed by atoms with Crippen molar-refractivity contribution in [2.45, 2.75) is 44.9 Å². The van der Waals surface area contributed by atoms with Gasteiger partial charge in [-0.05, 0) is 72.5 Å². The number of carboxylic acid groups (broad SMARTS) is 2. The zero-order valence-electron chi connectivity index (χ0n) is 35.0. The number of rotatable bonds is 16. The summed E-state index contributed by atoms with van der Waals surface area (Å²) in [4.78, 5) is 81.6. The number of hydrogen-bond acceptors (Lipinski definition) is 15. The summed E-state index contributed by atoms with van der Waals surface area (Å²) in [6, 6.07) is 7.74. The Morgan fingerprint density at radius 2 is 1.15 bits per heavy atom. The summed E-state index contributed by atoms with van der Waals surface area (Å²) in [6.07, 6.45) is -1.28. The maximum Gasteiger partial charge on any atom is 0.305 e. The number of hydrogen-bond donors (Lipinski definition) is 11. The van der Waals surface area contributed by atoms with Crippen molar-refractivity contribution in [3.8, 4) is 0 Å². The van der Waals surface area contributed by atoms with E-state index in [1.165, 1.54) is 28.7 Å². The van der Waals surface area contributed by atoms with Gasteiger partial charge in [-0.2, -0.15) is 0 Å². The van der Waals surface area contributed by atoms with Gasteiger partial charge in [0.15, 0.2) is 11.9 Å². The largest absolute Gasteiger partial charge is 0.481 e. The van der Waals surface area contributed by atoms with E-state index in [0.29, 0.717) is 88.5 Å². The first-order valence-electron chi connectivity index (χ1n) is 19.8. The number of carbonyl (C=O) groups excluding carboxylic acids is 4. The van der Waals surface area contributed by atoms with E-state index in [4.69, 9.17) is 46.4 Å². The summed E-state index contributed by atoms with van der Waals surface area (Å²) in [5, 5.41) is 55.3. The van der Waals surface area contributed by atoms with Crippen LogP contribution in [0.2, 0.25) is 20.1 Å². The number of aliphatic hydroxyl groups is 1. The average Bonchev–Trinajstić information content (AvgIpc) is 4.06. The number of β-amino-alcohol motifs (C(OH)–C–C–N with tert-alkyl or cyclic N) is 1. The van der Waals surface area contributed by atoms with Gasteiger partial charge in [-0.15, -0.1) is 22.7 Å². The number of thiophene rings is 2. The normalized spacial score (nSPS) is 14.9. The van der Waals surface area contributed by atoms with Gasteiger partial charge in [-0.1, -0.05) is 46.4 Å². The fraction of sp³-hybridized carbons (Fsp3) is 0.317. The molecule has 352 valence electrons. The molecule has 0 aliphatic carbocycles. The van der Waals surface area contributed by atoms with Crippen LogP contribution in [0.25, 0.3) is 0 Å².